The van der Waals surface area contributed by atoms with Gasteiger partial charge < -0.3 is 15.6 Å². The van der Waals surface area contributed by atoms with Gasteiger partial charge in [0.2, 0.25) is 5.91 Å². The lowest BCUT2D eigenvalue weighted by Crippen LogP contribution is -2.31. The van der Waals surface area contributed by atoms with E-state index in [4.69, 9.17) is 5.73 Å². The highest BCUT2D eigenvalue weighted by Gasteiger charge is 2.06. The molecule has 17 heavy (non-hydrogen) atoms. The highest BCUT2D eigenvalue weighted by atomic mass is 79.9. The summed E-state index contributed by atoms with van der Waals surface area (Å²) >= 11 is 3.35. The Balaban J connectivity index is 2.66. The van der Waals surface area contributed by atoms with Crippen molar-refractivity contribution in [1.82, 2.24) is 9.88 Å². The zero-order valence-electron chi connectivity index (χ0n) is 9.70. The van der Waals surface area contributed by atoms with Crippen molar-refractivity contribution in [3.05, 3.63) is 32.7 Å². The van der Waals surface area contributed by atoms with Crippen molar-refractivity contribution in [2.24, 2.45) is 5.73 Å². The van der Waals surface area contributed by atoms with Crippen LogP contribution in [0.3, 0.4) is 0 Å². The van der Waals surface area contributed by atoms with Gasteiger partial charge in [-0.05, 0) is 28.9 Å². The van der Waals surface area contributed by atoms with E-state index in [1.165, 1.54) is 6.07 Å². The average molecular weight is 302 g/mol. The van der Waals surface area contributed by atoms with E-state index in [2.05, 4.69) is 21.2 Å². The fourth-order valence-electron chi connectivity index (χ4n) is 1.44. The molecule has 0 saturated carbocycles. The Kier molecular flexibility index (Phi) is 5.37. The minimum Gasteiger partial charge on any atom is -0.355 e. The Morgan fingerprint density at radius 1 is 1.53 bits per heavy atom. The van der Waals surface area contributed by atoms with Gasteiger partial charge in [-0.1, -0.05) is 0 Å². The number of hydrogen-bond acceptors (Lipinski definition) is 3. The van der Waals surface area contributed by atoms with E-state index in [1.54, 1.807) is 10.6 Å². The number of nitrogens with two attached hydrogens (primary N) is 1. The Morgan fingerprint density at radius 2 is 2.24 bits per heavy atom. The van der Waals surface area contributed by atoms with Crippen LogP contribution in [-0.2, 0) is 11.3 Å². The second-order valence-corrected chi connectivity index (χ2v) is 4.50. The molecular formula is C11H16BrN3O2. The molecule has 1 rings (SSSR count). The van der Waals surface area contributed by atoms with Gasteiger partial charge in [-0.15, -0.1) is 0 Å². The molecule has 0 aliphatic rings. The summed E-state index contributed by atoms with van der Waals surface area (Å²) in [6.45, 7) is 3.09. The predicted octanol–water partition coefficient (Wildman–Crippen LogP) is 0.384. The number of aromatic nitrogens is 1. The average Bonchev–Trinajstić information content (AvgIpc) is 2.31. The molecule has 1 amide bonds. The topological polar surface area (TPSA) is 77.1 Å². The van der Waals surface area contributed by atoms with Crippen molar-refractivity contribution in [3.8, 4) is 0 Å². The highest BCUT2D eigenvalue weighted by molar-refractivity contribution is 9.10. The Bertz CT molecular complexity index is 457. The minimum atomic E-state index is -0.0997. The van der Waals surface area contributed by atoms with E-state index < -0.39 is 0 Å². The monoisotopic (exact) mass is 301 g/mol. The number of amides is 1. The van der Waals surface area contributed by atoms with Crippen LogP contribution in [0.1, 0.15) is 12.1 Å². The number of rotatable bonds is 5. The predicted molar refractivity (Wildman–Crippen MR) is 69.8 cm³/mol. The molecular weight excluding hydrogens is 286 g/mol. The molecule has 0 unspecified atom stereocenters. The van der Waals surface area contributed by atoms with E-state index in [0.717, 1.165) is 10.2 Å². The lowest BCUT2D eigenvalue weighted by atomic mass is 10.3. The summed E-state index contributed by atoms with van der Waals surface area (Å²) in [7, 11) is 0. The standard InChI is InChI=1S/C11H16BrN3O2/c1-8-9(12)2-3-11(17)15(8)7-4-10(16)14-6-5-13/h2-3H,4-7,13H2,1H3,(H,14,16). The lowest BCUT2D eigenvalue weighted by Gasteiger charge is -2.10. The first-order chi connectivity index (χ1) is 8.06. The third-order valence-electron chi connectivity index (χ3n) is 2.42. The number of nitrogens with one attached hydrogen (secondary N) is 1. The molecule has 0 saturated heterocycles. The molecule has 0 atom stereocenters. The minimum absolute atomic E-state index is 0.0956. The van der Waals surface area contributed by atoms with Gasteiger partial charge in [0, 0.05) is 42.3 Å². The van der Waals surface area contributed by atoms with E-state index >= 15 is 0 Å². The first-order valence-electron chi connectivity index (χ1n) is 5.39. The highest BCUT2D eigenvalue weighted by Crippen LogP contribution is 2.12. The van der Waals surface area contributed by atoms with Crippen LogP contribution < -0.4 is 16.6 Å². The Hall–Kier alpha value is -1.14. The van der Waals surface area contributed by atoms with Crippen molar-refractivity contribution in [3.63, 3.8) is 0 Å². The number of halogens is 1. The number of pyridine rings is 1. The maximum atomic E-state index is 11.6. The van der Waals surface area contributed by atoms with Crippen molar-refractivity contribution in [2.75, 3.05) is 13.1 Å². The molecule has 0 spiro atoms. The van der Waals surface area contributed by atoms with Gasteiger partial charge in [0.05, 0.1) is 0 Å². The maximum Gasteiger partial charge on any atom is 0.250 e. The number of hydrogen-bond donors (Lipinski definition) is 2. The molecule has 0 fully saturated rings. The molecule has 94 valence electrons. The molecule has 1 aromatic rings. The summed E-state index contributed by atoms with van der Waals surface area (Å²) < 4.78 is 2.44. The second kappa shape index (κ2) is 6.56. The summed E-state index contributed by atoms with van der Waals surface area (Å²) in [5.41, 5.74) is 6.00. The smallest absolute Gasteiger partial charge is 0.250 e. The number of nitrogens with zero attached hydrogens (tertiary/aromatic N) is 1. The number of carbonyl (C=O) groups excluding carboxylic acids is 1. The summed E-state index contributed by atoms with van der Waals surface area (Å²) in [5.74, 6) is -0.0956. The van der Waals surface area contributed by atoms with Crippen molar-refractivity contribution < 1.29 is 4.79 Å². The van der Waals surface area contributed by atoms with Gasteiger partial charge in [0.15, 0.2) is 0 Å². The third-order valence-corrected chi connectivity index (χ3v) is 3.26. The Morgan fingerprint density at radius 3 is 2.88 bits per heavy atom. The van der Waals surface area contributed by atoms with Gasteiger partial charge in [-0.25, -0.2) is 0 Å². The van der Waals surface area contributed by atoms with E-state index in [0.29, 0.717) is 19.6 Å². The molecule has 6 heteroatoms. The molecule has 1 heterocycles. The molecule has 0 radical (unpaired) electrons. The van der Waals surface area contributed by atoms with Crippen molar-refractivity contribution in [2.45, 2.75) is 19.9 Å². The molecule has 0 aromatic carbocycles. The van der Waals surface area contributed by atoms with Crippen LogP contribution in [0.15, 0.2) is 21.4 Å². The van der Waals surface area contributed by atoms with Crippen LogP contribution in [-0.4, -0.2) is 23.6 Å². The molecule has 0 aliphatic heterocycles. The lowest BCUT2D eigenvalue weighted by molar-refractivity contribution is -0.121. The van der Waals surface area contributed by atoms with Crippen LogP contribution in [0.25, 0.3) is 0 Å². The molecule has 3 N–H and O–H groups in total. The first-order valence-corrected chi connectivity index (χ1v) is 6.18. The molecule has 0 bridgehead atoms. The van der Waals surface area contributed by atoms with Crippen LogP contribution in [0.4, 0.5) is 0 Å². The second-order valence-electron chi connectivity index (χ2n) is 3.65. The fraction of sp³-hybridized carbons (Fsp3) is 0.455. The van der Waals surface area contributed by atoms with E-state index in [1.807, 2.05) is 6.92 Å². The van der Waals surface area contributed by atoms with Crippen LogP contribution >= 0.6 is 15.9 Å². The SMILES string of the molecule is Cc1c(Br)ccc(=O)n1CCC(=O)NCCN. The van der Waals surface area contributed by atoms with Gasteiger partial charge >= 0.3 is 0 Å². The van der Waals surface area contributed by atoms with Crippen molar-refractivity contribution in [1.29, 1.82) is 0 Å². The summed E-state index contributed by atoms with van der Waals surface area (Å²) in [5, 5.41) is 2.67. The van der Waals surface area contributed by atoms with Gasteiger partial charge in [0.25, 0.3) is 5.56 Å². The van der Waals surface area contributed by atoms with Gasteiger partial charge in [-0.3, -0.25) is 9.59 Å². The first kappa shape index (κ1) is 13.9. The normalized spacial score (nSPS) is 10.3. The third kappa shape index (κ3) is 3.98. The summed E-state index contributed by atoms with van der Waals surface area (Å²) in [6.07, 6.45) is 0.275. The molecule has 5 nitrogen and oxygen atoms in total. The number of carbonyl (C=O) groups is 1. The van der Waals surface area contributed by atoms with Crippen LogP contribution in [0.5, 0.6) is 0 Å². The molecule has 1 aromatic heterocycles. The summed E-state index contributed by atoms with van der Waals surface area (Å²) in [4.78, 5) is 23.0. The summed E-state index contributed by atoms with van der Waals surface area (Å²) in [6, 6.07) is 3.19. The molecule has 0 aliphatic carbocycles. The zero-order chi connectivity index (χ0) is 12.8. The van der Waals surface area contributed by atoms with Crippen LogP contribution in [0.2, 0.25) is 0 Å². The van der Waals surface area contributed by atoms with E-state index in [-0.39, 0.29) is 17.9 Å². The van der Waals surface area contributed by atoms with Crippen LogP contribution in [0, 0.1) is 6.92 Å². The van der Waals surface area contributed by atoms with Gasteiger partial charge in [-0.2, -0.15) is 0 Å². The zero-order valence-corrected chi connectivity index (χ0v) is 11.3. The maximum absolute atomic E-state index is 11.6. The largest absolute Gasteiger partial charge is 0.355 e. The van der Waals surface area contributed by atoms with E-state index in [9.17, 15) is 9.59 Å². The Labute approximate surface area is 108 Å². The van der Waals surface area contributed by atoms with Crippen molar-refractivity contribution >= 4 is 21.8 Å². The quantitative estimate of drug-likeness (QED) is 0.826. The fourth-order valence-corrected chi connectivity index (χ4v) is 1.79. The van der Waals surface area contributed by atoms with Gasteiger partial charge in [0.1, 0.15) is 0 Å².